The summed E-state index contributed by atoms with van der Waals surface area (Å²) in [7, 11) is 3.79. The summed E-state index contributed by atoms with van der Waals surface area (Å²) in [5, 5.41) is 0. The Hall–Kier alpha value is -0.790. The van der Waals surface area contributed by atoms with Crippen LogP contribution in [0.5, 0.6) is 0 Å². The number of ketones is 1. The van der Waals surface area contributed by atoms with Crippen molar-refractivity contribution >= 4 is 5.78 Å². The lowest BCUT2D eigenvalue weighted by Crippen LogP contribution is -2.06. The fourth-order valence-electron chi connectivity index (χ4n) is 0.415. The van der Waals surface area contributed by atoms with Crippen molar-refractivity contribution in [2.75, 3.05) is 14.1 Å². The van der Waals surface area contributed by atoms with E-state index in [4.69, 9.17) is 0 Å². The number of allylic oxidation sites excluding steroid dienone is 1. The molecule has 0 aliphatic heterocycles. The van der Waals surface area contributed by atoms with Crippen LogP contribution in [-0.4, -0.2) is 24.8 Å². The van der Waals surface area contributed by atoms with Crippen molar-refractivity contribution in [2.24, 2.45) is 5.92 Å². The average Bonchev–Trinajstić information content (AvgIpc) is 1.82. The summed E-state index contributed by atoms with van der Waals surface area (Å²) in [6.45, 7) is 3.78. The van der Waals surface area contributed by atoms with Crippen LogP contribution in [0, 0.1) is 5.92 Å². The molecule has 10 heavy (non-hydrogen) atoms. The molecule has 2 heteroatoms. The quantitative estimate of drug-likeness (QED) is 0.552. The molecule has 0 amide bonds. The smallest absolute Gasteiger partial charge is 0.159 e. The van der Waals surface area contributed by atoms with E-state index >= 15 is 0 Å². The molecule has 0 saturated heterocycles. The predicted molar refractivity (Wildman–Crippen MR) is 42.7 cm³/mol. The first-order valence-corrected chi connectivity index (χ1v) is 3.42. The Kier molecular flexibility index (Phi) is 3.77. The largest absolute Gasteiger partial charge is 0.383 e. The molecule has 0 aromatic rings. The third-order valence-corrected chi connectivity index (χ3v) is 1.11. The number of nitrogens with zero attached hydrogens (tertiary/aromatic N) is 1. The molecular weight excluding hydrogens is 126 g/mol. The van der Waals surface area contributed by atoms with Gasteiger partial charge in [-0.05, 0) is 6.08 Å². The van der Waals surface area contributed by atoms with Gasteiger partial charge in [0.05, 0.1) is 0 Å². The first kappa shape index (κ1) is 9.21. The van der Waals surface area contributed by atoms with Crippen molar-refractivity contribution < 1.29 is 4.79 Å². The normalized spacial score (nSPS) is 10.9. The molecule has 0 rings (SSSR count). The van der Waals surface area contributed by atoms with E-state index in [9.17, 15) is 4.79 Å². The van der Waals surface area contributed by atoms with Crippen LogP contribution >= 0.6 is 0 Å². The Labute approximate surface area is 62.5 Å². The summed E-state index contributed by atoms with van der Waals surface area (Å²) in [4.78, 5) is 12.8. The van der Waals surface area contributed by atoms with Crippen LogP contribution in [0.2, 0.25) is 0 Å². The van der Waals surface area contributed by atoms with Crippen molar-refractivity contribution in [3.05, 3.63) is 12.3 Å². The topological polar surface area (TPSA) is 20.3 Å². The molecule has 2 nitrogen and oxygen atoms in total. The van der Waals surface area contributed by atoms with E-state index in [1.165, 1.54) is 0 Å². The number of hydrogen-bond acceptors (Lipinski definition) is 2. The van der Waals surface area contributed by atoms with Crippen LogP contribution < -0.4 is 0 Å². The molecule has 0 atom stereocenters. The third-order valence-electron chi connectivity index (χ3n) is 1.11. The Morgan fingerprint density at radius 2 is 1.90 bits per heavy atom. The summed E-state index contributed by atoms with van der Waals surface area (Å²) in [5.41, 5.74) is 0. The Balaban J connectivity index is 3.79. The van der Waals surface area contributed by atoms with Gasteiger partial charge in [-0.2, -0.15) is 0 Å². The minimum atomic E-state index is 0.108. The summed E-state index contributed by atoms with van der Waals surface area (Å²) < 4.78 is 0. The van der Waals surface area contributed by atoms with Crippen LogP contribution in [0.1, 0.15) is 13.8 Å². The van der Waals surface area contributed by atoms with Gasteiger partial charge in [-0.1, -0.05) is 13.8 Å². The molecule has 0 radical (unpaired) electrons. The van der Waals surface area contributed by atoms with Gasteiger partial charge in [0.1, 0.15) is 0 Å². The second-order valence-corrected chi connectivity index (χ2v) is 2.84. The summed E-state index contributed by atoms with van der Waals surface area (Å²) in [6, 6.07) is 0. The number of rotatable bonds is 3. The van der Waals surface area contributed by atoms with Crippen molar-refractivity contribution in [3.63, 3.8) is 0 Å². The Bertz CT molecular complexity index is 136. The average molecular weight is 141 g/mol. The minimum Gasteiger partial charge on any atom is -0.383 e. The van der Waals surface area contributed by atoms with Crippen molar-refractivity contribution in [1.82, 2.24) is 4.90 Å². The van der Waals surface area contributed by atoms with Crippen molar-refractivity contribution in [2.45, 2.75) is 13.8 Å². The third kappa shape index (κ3) is 4.13. The zero-order chi connectivity index (χ0) is 8.15. The molecule has 0 unspecified atom stereocenters. The highest BCUT2D eigenvalue weighted by Crippen LogP contribution is 1.94. The fourth-order valence-corrected chi connectivity index (χ4v) is 0.415. The van der Waals surface area contributed by atoms with E-state index in [2.05, 4.69) is 0 Å². The van der Waals surface area contributed by atoms with E-state index in [1.54, 1.807) is 12.3 Å². The molecule has 0 bridgehead atoms. The Morgan fingerprint density at radius 1 is 1.40 bits per heavy atom. The van der Waals surface area contributed by atoms with Gasteiger partial charge in [-0.3, -0.25) is 4.79 Å². The lowest BCUT2D eigenvalue weighted by molar-refractivity contribution is -0.117. The van der Waals surface area contributed by atoms with Crippen LogP contribution in [0.25, 0.3) is 0 Å². The summed E-state index contributed by atoms with van der Waals surface area (Å²) >= 11 is 0. The van der Waals surface area contributed by atoms with Crippen LogP contribution in [0.3, 0.4) is 0 Å². The molecule has 0 heterocycles. The molecule has 0 saturated carbocycles. The second-order valence-electron chi connectivity index (χ2n) is 2.84. The van der Waals surface area contributed by atoms with Crippen LogP contribution in [0.15, 0.2) is 12.3 Å². The minimum absolute atomic E-state index is 0.108. The van der Waals surface area contributed by atoms with Gasteiger partial charge in [0, 0.05) is 26.2 Å². The van der Waals surface area contributed by atoms with E-state index < -0.39 is 0 Å². The molecule has 0 aromatic heterocycles. The fraction of sp³-hybridized carbons (Fsp3) is 0.625. The molecule has 0 aliphatic carbocycles. The molecule has 0 aliphatic rings. The number of carbonyl (C=O) groups excluding carboxylic acids is 1. The van der Waals surface area contributed by atoms with Crippen molar-refractivity contribution in [1.29, 1.82) is 0 Å². The van der Waals surface area contributed by atoms with Crippen LogP contribution in [0.4, 0.5) is 0 Å². The van der Waals surface area contributed by atoms with Gasteiger partial charge >= 0.3 is 0 Å². The molecular formula is C8H15NO. The number of hydrogen-bond donors (Lipinski definition) is 0. The highest BCUT2D eigenvalue weighted by atomic mass is 16.1. The summed E-state index contributed by atoms with van der Waals surface area (Å²) in [6.07, 6.45) is 3.37. The second kappa shape index (κ2) is 4.09. The highest BCUT2D eigenvalue weighted by Gasteiger charge is 2.00. The molecule has 0 spiro atoms. The monoisotopic (exact) mass is 141 g/mol. The van der Waals surface area contributed by atoms with Gasteiger partial charge in [-0.15, -0.1) is 0 Å². The highest BCUT2D eigenvalue weighted by molar-refractivity contribution is 5.90. The lowest BCUT2D eigenvalue weighted by Gasteiger charge is -2.03. The molecule has 0 fully saturated rings. The predicted octanol–water partition coefficient (Wildman–Crippen LogP) is 1.29. The zero-order valence-electron chi connectivity index (χ0n) is 7.09. The molecule has 0 aromatic carbocycles. The van der Waals surface area contributed by atoms with Crippen molar-refractivity contribution in [3.8, 4) is 0 Å². The van der Waals surface area contributed by atoms with Gasteiger partial charge in [0.15, 0.2) is 5.78 Å². The first-order chi connectivity index (χ1) is 4.54. The first-order valence-electron chi connectivity index (χ1n) is 3.42. The van der Waals surface area contributed by atoms with Crippen LogP contribution in [-0.2, 0) is 4.79 Å². The maximum absolute atomic E-state index is 10.9. The lowest BCUT2D eigenvalue weighted by atomic mass is 10.1. The Morgan fingerprint density at radius 3 is 2.20 bits per heavy atom. The molecule has 0 N–H and O–H groups in total. The summed E-state index contributed by atoms with van der Waals surface area (Å²) in [5.74, 6) is 0.282. The maximum atomic E-state index is 10.9. The van der Waals surface area contributed by atoms with Gasteiger partial charge in [0.25, 0.3) is 0 Å². The SMILES string of the molecule is CC(C)C(=O)/C=C/N(C)C. The molecule has 58 valence electrons. The zero-order valence-corrected chi connectivity index (χ0v) is 7.09. The van der Waals surface area contributed by atoms with E-state index in [0.717, 1.165) is 0 Å². The van der Waals surface area contributed by atoms with E-state index in [1.807, 2.05) is 32.8 Å². The standard InChI is InChI=1S/C8H15NO/c1-7(2)8(10)5-6-9(3)4/h5-7H,1-4H3/b6-5+. The van der Waals surface area contributed by atoms with E-state index in [0.29, 0.717) is 0 Å². The van der Waals surface area contributed by atoms with Gasteiger partial charge < -0.3 is 4.90 Å². The van der Waals surface area contributed by atoms with E-state index in [-0.39, 0.29) is 11.7 Å². The van der Waals surface area contributed by atoms with Gasteiger partial charge in [0.2, 0.25) is 0 Å². The number of carbonyl (C=O) groups is 1. The maximum Gasteiger partial charge on any atom is 0.159 e. The van der Waals surface area contributed by atoms with Gasteiger partial charge in [-0.25, -0.2) is 0 Å².